The van der Waals surface area contributed by atoms with E-state index in [0.717, 1.165) is 17.0 Å². The van der Waals surface area contributed by atoms with Crippen molar-refractivity contribution in [3.8, 4) is 5.69 Å². The van der Waals surface area contributed by atoms with E-state index < -0.39 is 17.7 Å². The topological polar surface area (TPSA) is 87.0 Å². The lowest BCUT2D eigenvalue weighted by molar-refractivity contribution is -0.137. The second-order valence-corrected chi connectivity index (χ2v) is 6.76. The van der Waals surface area contributed by atoms with Crippen molar-refractivity contribution in [1.82, 2.24) is 4.57 Å². The molecule has 0 unspecified atom stereocenters. The summed E-state index contributed by atoms with van der Waals surface area (Å²) in [5.41, 5.74) is 4.44. The lowest BCUT2D eigenvalue weighted by atomic mass is 10.0. The van der Waals surface area contributed by atoms with E-state index in [1.807, 2.05) is 36.6 Å². The van der Waals surface area contributed by atoms with E-state index in [2.05, 4.69) is 9.73 Å². The number of ether oxygens (including phenoxy) is 2. The second-order valence-electron chi connectivity index (χ2n) is 6.76. The number of rotatable bonds is 5. The first-order valence-corrected chi connectivity index (χ1v) is 9.07. The number of hydrogen-bond acceptors (Lipinski definition) is 6. The Hall–Kier alpha value is -3.48. The first kappa shape index (κ1) is 20.3. The molecule has 1 aromatic carbocycles. The van der Waals surface area contributed by atoms with Crippen LogP contribution in [0.1, 0.15) is 34.2 Å². The van der Waals surface area contributed by atoms with Crippen molar-refractivity contribution in [3.05, 3.63) is 64.1 Å². The number of carbonyl (C=O) groups is 3. The van der Waals surface area contributed by atoms with E-state index in [1.165, 1.54) is 14.2 Å². The van der Waals surface area contributed by atoms with Gasteiger partial charge in [0.2, 0.25) is 5.78 Å². The number of esters is 2. The highest BCUT2D eigenvalue weighted by Gasteiger charge is 2.32. The highest BCUT2D eigenvalue weighted by Crippen LogP contribution is 2.26. The second kappa shape index (κ2) is 7.87. The summed E-state index contributed by atoms with van der Waals surface area (Å²) in [4.78, 5) is 40.9. The molecule has 150 valence electrons. The molecule has 0 fully saturated rings. The minimum absolute atomic E-state index is 0.0210. The molecule has 2 aromatic rings. The molecule has 1 aliphatic heterocycles. The third-order valence-electron chi connectivity index (χ3n) is 4.99. The molecule has 2 heterocycles. The van der Waals surface area contributed by atoms with Crippen LogP contribution in [0.5, 0.6) is 0 Å². The van der Waals surface area contributed by atoms with Gasteiger partial charge in [0.15, 0.2) is 0 Å². The van der Waals surface area contributed by atoms with Crippen LogP contribution in [0.4, 0.5) is 0 Å². The molecule has 3 rings (SSSR count). The van der Waals surface area contributed by atoms with Gasteiger partial charge in [0.1, 0.15) is 5.57 Å². The highest BCUT2D eigenvalue weighted by molar-refractivity contribution is 6.53. The number of aliphatic imine (C=N–C) groups is 1. The SMILES string of the molecule is COC(=O)C1=C(C)N=C(Cc2cc(C)n(-c3ccccc3C(=O)OC)c2C)C1=O. The van der Waals surface area contributed by atoms with Gasteiger partial charge in [-0.2, -0.15) is 0 Å². The standard InChI is InChI=1S/C22H22N2O5/c1-12-10-15(11-17-20(25)19(13(2)23-17)22(27)29-5)14(3)24(12)18-9-7-6-8-16(18)21(26)28-4/h6-10H,11H2,1-5H3. The molecular weight excluding hydrogens is 372 g/mol. The van der Waals surface area contributed by atoms with Crippen LogP contribution in [0.2, 0.25) is 0 Å². The van der Waals surface area contributed by atoms with Gasteiger partial charge >= 0.3 is 11.9 Å². The van der Waals surface area contributed by atoms with E-state index >= 15 is 0 Å². The van der Waals surface area contributed by atoms with Crippen LogP contribution in [-0.2, 0) is 25.5 Å². The van der Waals surface area contributed by atoms with Crippen molar-refractivity contribution >= 4 is 23.4 Å². The van der Waals surface area contributed by atoms with Crippen molar-refractivity contribution in [2.75, 3.05) is 14.2 Å². The van der Waals surface area contributed by atoms with Crippen molar-refractivity contribution in [2.24, 2.45) is 4.99 Å². The zero-order chi connectivity index (χ0) is 21.3. The smallest absolute Gasteiger partial charge is 0.343 e. The summed E-state index contributed by atoms with van der Waals surface area (Å²) >= 11 is 0. The molecule has 0 saturated carbocycles. The summed E-state index contributed by atoms with van der Waals surface area (Å²) in [5, 5.41) is 0. The lowest BCUT2D eigenvalue weighted by Gasteiger charge is -2.14. The normalized spacial score (nSPS) is 13.6. The first-order chi connectivity index (χ1) is 13.8. The van der Waals surface area contributed by atoms with Gasteiger partial charge in [-0.25, -0.2) is 9.59 Å². The van der Waals surface area contributed by atoms with Crippen LogP contribution in [-0.4, -0.2) is 42.2 Å². The Bertz CT molecular complexity index is 1090. The number of methoxy groups -OCH3 is 2. The number of para-hydroxylation sites is 1. The van der Waals surface area contributed by atoms with Crippen LogP contribution in [0.3, 0.4) is 0 Å². The number of carbonyl (C=O) groups excluding carboxylic acids is 3. The summed E-state index contributed by atoms with van der Waals surface area (Å²) in [5.74, 6) is -1.51. The predicted molar refractivity (Wildman–Crippen MR) is 107 cm³/mol. The monoisotopic (exact) mass is 394 g/mol. The van der Waals surface area contributed by atoms with E-state index in [9.17, 15) is 14.4 Å². The molecule has 0 spiro atoms. The van der Waals surface area contributed by atoms with E-state index in [0.29, 0.717) is 22.7 Å². The van der Waals surface area contributed by atoms with E-state index in [-0.39, 0.29) is 12.0 Å². The Morgan fingerprint density at radius 3 is 2.34 bits per heavy atom. The molecule has 7 nitrogen and oxygen atoms in total. The molecule has 0 atom stereocenters. The molecule has 0 saturated heterocycles. The Kier molecular flexibility index (Phi) is 5.50. The van der Waals surface area contributed by atoms with E-state index in [1.54, 1.807) is 19.1 Å². The summed E-state index contributed by atoms with van der Waals surface area (Å²) in [7, 11) is 2.58. The number of ketones is 1. The predicted octanol–water partition coefficient (Wildman–Crippen LogP) is 2.89. The van der Waals surface area contributed by atoms with Crippen LogP contribution < -0.4 is 0 Å². The summed E-state index contributed by atoms with van der Waals surface area (Å²) in [6.45, 7) is 5.46. The largest absolute Gasteiger partial charge is 0.465 e. The van der Waals surface area contributed by atoms with Crippen molar-refractivity contribution in [2.45, 2.75) is 27.2 Å². The number of aromatic nitrogens is 1. The maximum atomic E-state index is 12.6. The molecule has 1 aromatic heterocycles. The minimum Gasteiger partial charge on any atom is -0.465 e. The minimum atomic E-state index is -0.677. The quantitative estimate of drug-likeness (QED) is 0.575. The van der Waals surface area contributed by atoms with Crippen molar-refractivity contribution in [1.29, 1.82) is 0 Å². The molecule has 7 heteroatoms. The van der Waals surface area contributed by atoms with Gasteiger partial charge in [0.25, 0.3) is 0 Å². The van der Waals surface area contributed by atoms with Crippen LogP contribution in [0.15, 0.2) is 46.6 Å². The number of benzene rings is 1. The Morgan fingerprint density at radius 1 is 1.03 bits per heavy atom. The van der Waals surface area contributed by atoms with Crippen molar-refractivity contribution in [3.63, 3.8) is 0 Å². The number of nitrogens with zero attached hydrogens (tertiary/aromatic N) is 2. The van der Waals surface area contributed by atoms with Crippen LogP contribution >= 0.6 is 0 Å². The van der Waals surface area contributed by atoms with Gasteiger partial charge in [-0.05, 0) is 44.5 Å². The van der Waals surface area contributed by atoms with Crippen molar-refractivity contribution < 1.29 is 23.9 Å². The molecule has 0 N–H and O–H groups in total. The Morgan fingerprint density at radius 2 is 1.69 bits per heavy atom. The fourth-order valence-corrected chi connectivity index (χ4v) is 3.59. The average Bonchev–Trinajstić information content (AvgIpc) is 3.15. The fraction of sp³-hybridized carbons (Fsp3) is 0.273. The van der Waals surface area contributed by atoms with Crippen LogP contribution in [0, 0.1) is 13.8 Å². The zero-order valence-corrected chi connectivity index (χ0v) is 17.0. The Balaban J connectivity index is 1.97. The Labute approximate surface area is 168 Å². The van der Waals surface area contributed by atoms with Gasteiger partial charge < -0.3 is 14.0 Å². The third kappa shape index (κ3) is 3.51. The summed E-state index contributed by atoms with van der Waals surface area (Å²) < 4.78 is 11.5. The molecule has 0 amide bonds. The van der Waals surface area contributed by atoms with Crippen LogP contribution in [0.25, 0.3) is 5.69 Å². The summed E-state index contributed by atoms with van der Waals surface area (Å²) in [6, 6.07) is 9.13. The molecule has 0 bridgehead atoms. The molecule has 29 heavy (non-hydrogen) atoms. The molecule has 0 aliphatic carbocycles. The first-order valence-electron chi connectivity index (χ1n) is 9.07. The molecule has 1 aliphatic rings. The maximum absolute atomic E-state index is 12.6. The van der Waals surface area contributed by atoms with Gasteiger partial charge in [0.05, 0.1) is 36.9 Å². The van der Waals surface area contributed by atoms with Gasteiger partial charge in [-0.15, -0.1) is 0 Å². The van der Waals surface area contributed by atoms with Gasteiger partial charge in [-0.3, -0.25) is 9.79 Å². The third-order valence-corrected chi connectivity index (χ3v) is 4.99. The number of Topliss-reactive ketones (excluding diaryl/α,β-unsaturated/α-hetero) is 1. The number of allylic oxidation sites excluding steroid dienone is 1. The average molecular weight is 394 g/mol. The fourth-order valence-electron chi connectivity index (χ4n) is 3.59. The number of hydrogen-bond donors (Lipinski definition) is 0. The van der Waals surface area contributed by atoms with Gasteiger partial charge in [0, 0.05) is 17.8 Å². The molecular formula is C22H22N2O5. The van der Waals surface area contributed by atoms with Gasteiger partial charge in [-0.1, -0.05) is 12.1 Å². The van der Waals surface area contributed by atoms with E-state index in [4.69, 9.17) is 4.74 Å². The zero-order valence-electron chi connectivity index (χ0n) is 17.0. The summed E-state index contributed by atoms with van der Waals surface area (Å²) in [6.07, 6.45) is 0.275. The number of aryl methyl sites for hydroxylation is 1. The molecule has 0 radical (unpaired) electrons. The lowest BCUT2D eigenvalue weighted by Crippen LogP contribution is -2.21. The maximum Gasteiger partial charge on any atom is 0.343 e. The highest BCUT2D eigenvalue weighted by atomic mass is 16.5.